The highest BCUT2D eigenvalue weighted by Crippen LogP contribution is 2.33. The fourth-order valence-electron chi connectivity index (χ4n) is 2.63. The molecule has 1 aromatic rings. The van der Waals surface area contributed by atoms with Crippen LogP contribution in [-0.2, 0) is 0 Å². The number of nitrogen functional groups attached to an aromatic ring is 1. The predicted octanol–water partition coefficient (Wildman–Crippen LogP) is 1.99. The Bertz CT molecular complexity index is 498. The summed E-state index contributed by atoms with van der Waals surface area (Å²) >= 11 is 0. The minimum Gasteiger partial charge on any atom is -0.465 e. The Kier molecular flexibility index (Phi) is 4.20. The standard InChI is InChI=1S/C14H22N4O3/c1-14(2,3)11-6-10(4-5-18(11)13(19)20)21-12-16-7-9(15)8-17-12/h7-8,10-11H,4-6,15H2,1-3H3,(H,19,20). The molecular formula is C14H22N4O3. The maximum Gasteiger partial charge on any atom is 0.407 e. The van der Waals surface area contributed by atoms with Gasteiger partial charge in [-0.2, -0.15) is 0 Å². The Morgan fingerprint density at radius 1 is 1.43 bits per heavy atom. The van der Waals surface area contributed by atoms with Crippen LogP contribution in [0.3, 0.4) is 0 Å². The molecule has 1 aromatic heterocycles. The Hall–Kier alpha value is -2.05. The second-order valence-corrected chi connectivity index (χ2v) is 6.42. The van der Waals surface area contributed by atoms with Crippen molar-refractivity contribution in [2.75, 3.05) is 12.3 Å². The molecule has 116 valence electrons. The third-order valence-corrected chi connectivity index (χ3v) is 3.72. The average molecular weight is 294 g/mol. The van der Waals surface area contributed by atoms with Crippen molar-refractivity contribution < 1.29 is 14.6 Å². The summed E-state index contributed by atoms with van der Waals surface area (Å²) in [5.41, 5.74) is 5.87. The van der Waals surface area contributed by atoms with Gasteiger partial charge in [0.1, 0.15) is 6.10 Å². The van der Waals surface area contributed by atoms with E-state index in [0.29, 0.717) is 25.1 Å². The molecule has 0 aromatic carbocycles. The van der Waals surface area contributed by atoms with Crippen molar-refractivity contribution in [2.24, 2.45) is 5.41 Å². The van der Waals surface area contributed by atoms with E-state index in [0.717, 1.165) is 0 Å². The molecule has 2 heterocycles. The van der Waals surface area contributed by atoms with Crippen molar-refractivity contribution in [1.29, 1.82) is 0 Å². The summed E-state index contributed by atoms with van der Waals surface area (Å²) in [4.78, 5) is 20.9. The van der Waals surface area contributed by atoms with Gasteiger partial charge in [0.25, 0.3) is 0 Å². The van der Waals surface area contributed by atoms with Crippen molar-refractivity contribution in [3.63, 3.8) is 0 Å². The number of ether oxygens (including phenoxy) is 1. The van der Waals surface area contributed by atoms with Gasteiger partial charge in [-0.15, -0.1) is 0 Å². The molecule has 21 heavy (non-hydrogen) atoms. The van der Waals surface area contributed by atoms with E-state index in [1.54, 1.807) is 0 Å². The number of carboxylic acid groups (broad SMARTS) is 1. The minimum absolute atomic E-state index is 0.0894. The molecule has 1 amide bonds. The van der Waals surface area contributed by atoms with E-state index in [4.69, 9.17) is 10.5 Å². The first-order chi connectivity index (χ1) is 9.77. The minimum atomic E-state index is -0.878. The number of aromatic nitrogens is 2. The van der Waals surface area contributed by atoms with E-state index >= 15 is 0 Å². The molecule has 1 aliphatic rings. The fourth-order valence-corrected chi connectivity index (χ4v) is 2.63. The first-order valence-electron chi connectivity index (χ1n) is 7.01. The second-order valence-electron chi connectivity index (χ2n) is 6.42. The Morgan fingerprint density at radius 2 is 2.05 bits per heavy atom. The molecule has 1 saturated heterocycles. The maximum absolute atomic E-state index is 11.4. The molecule has 1 aliphatic heterocycles. The lowest BCUT2D eigenvalue weighted by molar-refractivity contribution is 0.0102. The van der Waals surface area contributed by atoms with E-state index in [2.05, 4.69) is 9.97 Å². The van der Waals surface area contributed by atoms with Gasteiger partial charge >= 0.3 is 12.1 Å². The predicted molar refractivity (Wildman–Crippen MR) is 78.1 cm³/mol. The molecule has 0 bridgehead atoms. The summed E-state index contributed by atoms with van der Waals surface area (Å²) in [7, 11) is 0. The summed E-state index contributed by atoms with van der Waals surface area (Å²) in [6, 6.07) is 0.188. The molecule has 1 fully saturated rings. The van der Waals surface area contributed by atoms with E-state index in [1.807, 2.05) is 20.8 Å². The molecule has 7 nitrogen and oxygen atoms in total. The number of nitrogens with two attached hydrogens (primary N) is 1. The zero-order valence-corrected chi connectivity index (χ0v) is 12.6. The van der Waals surface area contributed by atoms with Crippen LogP contribution >= 0.6 is 0 Å². The third kappa shape index (κ3) is 3.74. The number of hydrogen-bond donors (Lipinski definition) is 2. The second kappa shape index (κ2) is 5.75. The van der Waals surface area contributed by atoms with Gasteiger partial charge in [0.2, 0.25) is 0 Å². The number of likely N-dealkylation sites (tertiary alicyclic amines) is 1. The van der Waals surface area contributed by atoms with Gasteiger partial charge in [0, 0.05) is 25.4 Å². The Labute approximate surface area is 124 Å². The molecule has 0 saturated carbocycles. The zero-order valence-electron chi connectivity index (χ0n) is 12.6. The highest BCUT2D eigenvalue weighted by atomic mass is 16.5. The topological polar surface area (TPSA) is 102 Å². The smallest absolute Gasteiger partial charge is 0.407 e. The van der Waals surface area contributed by atoms with Crippen molar-refractivity contribution in [1.82, 2.24) is 14.9 Å². The zero-order chi connectivity index (χ0) is 15.6. The lowest BCUT2D eigenvalue weighted by Crippen LogP contribution is -2.53. The third-order valence-electron chi connectivity index (χ3n) is 3.72. The van der Waals surface area contributed by atoms with E-state index in [9.17, 15) is 9.90 Å². The van der Waals surface area contributed by atoms with Crippen LogP contribution in [0.25, 0.3) is 0 Å². The van der Waals surface area contributed by atoms with Crippen molar-refractivity contribution in [3.05, 3.63) is 12.4 Å². The van der Waals surface area contributed by atoms with Crippen LogP contribution in [0, 0.1) is 5.41 Å². The maximum atomic E-state index is 11.4. The number of amides is 1. The highest BCUT2D eigenvalue weighted by Gasteiger charge is 2.39. The van der Waals surface area contributed by atoms with Gasteiger partial charge in [-0.05, 0) is 5.41 Å². The van der Waals surface area contributed by atoms with Crippen LogP contribution in [0.1, 0.15) is 33.6 Å². The lowest BCUT2D eigenvalue weighted by Gasteiger charge is -2.44. The van der Waals surface area contributed by atoms with Gasteiger partial charge < -0.3 is 20.5 Å². The summed E-state index contributed by atoms with van der Waals surface area (Å²) in [6.45, 7) is 6.57. The number of hydrogen-bond acceptors (Lipinski definition) is 5. The molecule has 0 spiro atoms. The van der Waals surface area contributed by atoms with Gasteiger partial charge in [0.15, 0.2) is 0 Å². The Balaban J connectivity index is 2.07. The summed E-state index contributed by atoms with van der Waals surface area (Å²) < 4.78 is 5.77. The van der Waals surface area contributed by atoms with Crippen LogP contribution < -0.4 is 10.5 Å². The van der Waals surface area contributed by atoms with Crippen LogP contribution in [0.2, 0.25) is 0 Å². The molecule has 0 radical (unpaired) electrons. The first kappa shape index (κ1) is 15.3. The molecule has 2 atom stereocenters. The molecular weight excluding hydrogens is 272 g/mol. The molecule has 2 unspecified atom stereocenters. The molecule has 7 heteroatoms. The van der Waals surface area contributed by atoms with Crippen LogP contribution in [0.4, 0.5) is 10.5 Å². The normalized spacial score (nSPS) is 22.9. The quantitative estimate of drug-likeness (QED) is 0.865. The number of anilines is 1. The van der Waals surface area contributed by atoms with Crippen LogP contribution in [-0.4, -0.2) is 44.8 Å². The van der Waals surface area contributed by atoms with Crippen molar-refractivity contribution in [2.45, 2.75) is 45.8 Å². The number of rotatable bonds is 2. The highest BCUT2D eigenvalue weighted by molar-refractivity contribution is 5.65. The van der Waals surface area contributed by atoms with Gasteiger partial charge in [-0.3, -0.25) is 0 Å². The lowest BCUT2D eigenvalue weighted by atomic mass is 9.80. The molecule has 3 N–H and O–H groups in total. The monoisotopic (exact) mass is 294 g/mol. The summed E-state index contributed by atoms with van der Waals surface area (Å²) in [6.07, 6.45) is 3.28. The first-order valence-corrected chi connectivity index (χ1v) is 7.01. The number of nitrogens with zero attached hydrogens (tertiary/aromatic N) is 3. The van der Waals surface area contributed by atoms with Gasteiger partial charge in [-0.1, -0.05) is 20.8 Å². The molecule has 2 rings (SSSR count). The fraction of sp³-hybridized carbons (Fsp3) is 0.643. The van der Waals surface area contributed by atoms with Crippen LogP contribution in [0.15, 0.2) is 12.4 Å². The van der Waals surface area contributed by atoms with Crippen molar-refractivity contribution in [3.8, 4) is 6.01 Å². The van der Waals surface area contributed by atoms with E-state index in [1.165, 1.54) is 17.3 Å². The number of carbonyl (C=O) groups is 1. The largest absolute Gasteiger partial charge is 0.465 e. The average Bonchev–Trinajstić information content (AvgIpc) is 2.40. The van der Waals surface area contributed by atoms with E-state index in [-0.39, 0.29) is 23.6 Å². The summed E-state index contributed by atoms with van der Waals surface area (Å²) in [5.74, 6) is 0. The van der Waals surface area contributed by atoms with Crippen molar-refractivity contribution >= 4 is 11.8 Å². The van der Waals surface area contributed by atoms with Crippen LogP contribution in [0.5, 0.6) is 6.01 Å². The van der Waals surface area contributed by atoms with E-state index < -0.39 is 6.09 Å². The Morgan fingerprint density at radius 3 is 2.57 bits per heavy atom. The van der Waals surface area contributed by atoms with Gasteiger partial charge in [-0.25, -0.2) is 14.8 Å². The SMILES string of the molecule is CC(C)(C)C1CC(Oc2ncc(N)cn2)CCN1C(=O)O. The van der Waals surface area contributed by atoms with Gasteiger partial charge in [0.05, 0.1) is 18.1 Å². The summed E-state index contributed by atoms with van der Waals surface area (Å²) in [5, 5.41) is 9.33. The molecule has 0 aliphatic carbocycles. The number of piperidine rings is 1.